The molecular weight excluding hydrogens is 567 g/mol. The van der Waals surface area contributed by atoms with Gasteiger partial charge in [-0.15, -0.1) is 11.8 Å². The summed E-state index contributed by atoms with van der Waals surface area (Å²) in [5.41, 5.74) is 0.277. The first kappa shape index (κ1) is 30.4. The third-order valence-corrected chi connectivity index (χ3v) is 8.39. The van der Waals surface area contributed by atoms with Gasteiger partial charge in [0, 0.05) is 4.75 Å². The molecule has 16 heteroatoms. The average molecular weight is 593 g/mol. The number of carboxylic acid groups (broad SMARTS) is 1. The molecule has 1 unspecified atom stereocenters. The van der Waals surface area contributed by atoms with Gasteiger partial charge in [0.2, 0.25) is 11.8 Å². The van der Waals surface area contributed by atoms with Gasteiger partial charge in [0.05, 0.1) is 37.6 Å². The van der Waals surface area contributed by atoms with Crippen molar-refractivity contribution < 1.29 is 68.2 Å². The molecule has 6 amide bonds. The summed E-state index contributed by atoms with van der Waals surface area (Å²) >= 11 is 1.23. The second-order valence-electron chi connectivity index (χ2n) is 9.86. The van der Waals surface area contributed by atoms with Crippen LogP contribution in [0.3, 0.4) is 0 Å². The molecule has 0 saturated carbocycles. The van der Waals surface area contributed by atoms with Crippen LogP contribution < -0.4 is 45.3 Å². The summed E-state index contributed by atoms with van der Waals surface area (Å²) in [4.78, 5) is 65.9. The van der Waals surface area contributed by atoms with Gasteiger partial charge in [0.15, 0.2) is 0 Å². The maximum atomic E-state index is 13.4. The Morgan fingerprint density at radius 2 is 1.90 bits per heavy atom. The molecule has 1 aromatic carbocycles. The molecule has 5 rings (SSSR count). The number of hydrogen-bond donors (Lipinski definition) is 3. The molecule has 1 aromatic heterocycles. The van der Waals surface area contributed by atoms with E-state index in [9.17, 15) is 34.2 Å². The van der Waals surface area contributed by atoms with Gasteiger partial charge in [-0.05, 0) is 43.7 Å². The second kappa shape index (κ2) is 11.8. The third kappa shape index (κ3) is 5.80. The predicted molar refractivity (Wildman–Crippen MR) is 138 cm³/mol. The number of phenolic OH excluding ortho intramolecular Hbond substituents is 1. The zero-order chi connectivity index (χ0) is 28.8. The Morgan fingerprint density at radius 3 is 2.54 bits per heavy atom. The van der Waals surface area contributed by atoms with Crippen LogP contribution in [0.1, 0.15) is 31.2 Å². The minimum absolute atomic E-state index is 0. The van der Waals surface area contributed by atoms with Gasteiger partial charge >= 0.3 is 41.6 Å². The van der Waals surface area contributed by atoms with Crippen LogP contribution in [0.5, 0.6) is 5.75 Å². The molecule has 4 heterocycles. The number of rotatable bonds is 7. The van der Waals surface area contributed by atoms with Crippen LogP contribution in [-0.2, 0) is 14.4 Å². The first-order valence-electron chi connectivity index (χ1n) is 12.2. The van der Waals surface area contributed by atoms with E-state index in [0.717, 1.165) is 9.91 Å². The van der Waals surface area contributed by atoms with Crippen LogP contribution in [-0.4, -0.2) is 91.3 Å². The number of imide groups is 1. The van der Waals surface area contributed by atoms with E-state index in [0.29, 0.717) is 5.76 Å². The fraction of sp³-hybridized carbons (Fsp3) is 0.360. The minimum Gasteiger partial charge on any atom is -0.548 e. The monoisotopic (exact) mass is 592 g/mol. The molecule has 3 saturated heterocycles. The topological polar surface area (TPSA) is 188 Å². The van der Waals surface area contributed by atoms with E-state index >= 15 is 0 Å². The summed E-state index contributed by atoms with van der Waals surface area (Å²) in [5, 5.41) is 31.0. The molecule has 3 fully saturated rings. The molecule has 0 bridgehead atoms. The number of aromatic hydroxyl groups is 1. The quantitative estimate of drug-likeness (QED) is 0.169. The van der Waals surface area contributed by atoms with E-state index in [-0.39, 0.29) is 54.0 Å². The van der Waals surface area contributed by atoms with Gasteiger partial charge < -0.3 is 35.0 Å². The van der Waals surface area contributed by atoms with E-state index < -0.39 is 58.1 Å². The number of furan rings is 1. The first-order chi connectivity index (χ1) is 19.0. The standard InChI is InChI=1S/C25H26N6O8S.Na/c1-25(2)18(22(35)36)31-20(34)17(21(31)40-25)27-19(33)16(13-5-7-14(32)8-6-13)28-23(37)29-9-10-30(24(29)38)26-12-15-4-3-11-39-15;/h3-8,11-12,16-18,21,32H,9-10H2,1-2H3,(H,27,33)(H,28,37)(H,35,36);/q;+1/p-1/b26-12+;/t16?,17-,18+,21-;/m1./s1. The minimum atomic E-state index is -1.38. The number of thioether (sulfide) groups is 1. The Labute approximate surface area is 260 Å². The average Bonchev–Trinajstić information content (AvgIpc) is 3.61. The summed E-state index contributed by atoms with van der Waals surface area (Å²) in [7, 11) is 0. The molecule has 2 aromatic rings. The van der Waals surface area contributed by atoms with Crippen LogP contribution >= 0.6 is 11.8 Å². The number of fused-ring (bicyclic) bond motifs is 1. The van der Waals surface area contributed by atoms with Crippen LogP contribution in [0.25, 0.3) is 0 Å². The summed E-state index contributed by atoms with van der Waals surface area (Å²) in [5.74, 6) is -2.38. The predicted octanol–water partition coefficient (Wildman–Crippen LogP) is -3.19. The summed E-state index contributed by atoms with van der Waals surface area (Å²) < 4.78 is 4.30. The summed E-state index contributed by atoms with van der Waals surface area (Å²) in [6.45, 7) is 3.47. The van der Waals surface area contributed by atoms with Crippen molar-refractivity contribution in [2.24, 2.45) is 5.10 Å². The first-order valence-corrected chi connectivity index (χ1v) is 13.1. The van der Waals surface area contributed by atoms with Crippen LogP contribution in [0, 0.1) is 0 Å². The van der Waals surface area contributed by atoms with Crippen molar-refractivity contribution in [2.75, 3.05) is 13.1 Å². The number of phenols is 1. The smallest absolute Gasteiger partial charge is 0.548 e. The normalized spacial score (nSPS) is 23.6. The van der Waals surface area contributed by atoms with Crippen molar-refractivity contribution in [3.63, 3.8) is 0 Å². The number of carbonyl (C=O) groups is 5. The molecule has 14 nitrogen and oxygen atoms in total. The molecule has 0 spiro atoms. The summed E-state index contributed by atoms with van der Waals surface area (Å²) in [6, 6.07) is 3.66. The number of nitrogens with one attached hydrogen (secondary N) is 2. The largest absolute Gasteiger partial charge is 1.00 e. The van der Waals surface area contributed by atoms with Gasteiger partial charge in [-0.3, -0.25) is 9.59 Å². The van der Waals surface area contributed by atoms with Crippen LogP contribution in [0.15, 0.2) is 52.2 Å². The van der Waals surface area contributed by atoms with Gasteiger partial charge in [0.25, 0.3) is 0 Å². The number of β-lactam (4-membered cyclic amide) rings is 1. The Balaban J connectivity index is 0.00000387. The molecular formula is C25H25N6NaO8S. The Hall–Kier alpha value is -3.53. The van der Waals surface area contributed by atoms with Gasteiger partial charge in [-0.2, -0.15) is 5.10 Å². The number of nitrogens with zero attached hydrogens (tertiary/aromatic N) is 4. The van der Waals surface area contributed by atoms with E-state index in [4.69, 9.17) is 4.42 Å². The van der Waals surface area contributed by atoms with Crippen molar-refractivity contribution in [1.82, 2.24) is 25.4 Å². The van der Waals surface area contributed by atoms with E-state index in [1.165, 1.54) is 53.4 Å². The Morgan fingerprint density at radius 1 is 1.20 bits per heavy atom. The van der Waals surface area contributed by atoms with Gasteiger partial charge in [-0.1, -0.05) is 12.1 Å². The number of aliphatic carboxylic acids is 1. The maximum Gasteiger partial charge on any atom is 1.00 e. The maximum absolute atomic E-state index is 13.4. The number of hydrazone groups is 1. The van der Waals surface area contributed by atoms with Crippen molar-refractivity contribution in [3.05, 3.63) is 54.0 Å². The van der Waals surface area contributed by atoms with Gasteiger partial charge in [-0.25, -0.2) is 19.5 Å². The van der Waals surface area contributed by atoms with E-state index in [1.807, 2.05) is 0 Å². The zero-order valence-electron chi connectivity index (χ0n) is 22.3. The van der Waals surface area contributed by atoms with Crippen molar-refractivity contribution >= 4 is 47.8 Å². The van der Waals surface area contributed by atoms with E-state index in [1.54, 1.807) is 26.0 Å². The number of hydrogen-bond acceptors (Lipinski definition) is 10. The molecule has 3 N–H and O–H groups in total. The SMILES string of the molecule is CC1(C)S[C@@H]2[C@H](NC(=O)C(NC(=O)N3CCN(/N=C/c4ccco4)C3=O)c3ccc(O)cc3)C(=O)N2[C@H]1C(=O)[O-].[Na+]. The molecule has 0 aliphatic carbocycles. The van der Waals surface area contributed by atoms with Crippen LogP contribution in [0.4, 0.5) is 9.59 Å². The molecule has 0 radical (unpaired) electrons. The fourth-order valence-corrected chi connectivity index (χ4v) is 6.46. The second-order valence-corrected chi connectivity index (χ2v) is 11.6. The number of urea groups is 2. The number of carbonyl (C=O) groups excluding carboxylic acids is 5. The molecule has 3 aliphatic heterocycles. The van der Waals surface area contributed by atoms with Gasteiger partial charge in [0.1, 0.15) is 29.0 Å². The van der Waals surface area contributed by atoms with E-state index in [2.05, 4.69) is 15.7 Å². The summed E-state index contributed by atoms with van der Waals surface area (Å²) in [6.07, 6.45) is 2.78. The fourth-order valence-electron chi connectivity index (χ4n) is 4.84. The number of benzene rings is 1. The Bertz CT molecular complexity index is 1380. The number of carboxylic acids is 1. The van der Waals surface area contributed by atoms with Crippen LogP contribution in [0.2, 0.25) is 0 Å². The van der Waals surface area contributed by atoms with Crippen molar-refractivity contribution in [3.8, 4) is 5.75 Å². The zero-order valence-corrected chi connectivity index (χ0v) is 25.2. The third-order valence-electron chi connectivity index (χ3n) is 6.82. The molecule has 4 atom stereocenters. The van der Waals surface area contributed by atoms with Crippen molar-refractivity contribution in [1.29, 1.82) is 0 Å². The Kier molecular flexibility index (Phi) is 8.73. The number of amides is 6. The molecule has 210 valence electrons. The van der Waals surface area contributed by atoms with Crippen molar-refractivity contribution in [2.45, 2.75) is 42.1 Å². The molecule has 41 heavy (non-hydrogen) atoms. The molecule has 3 aliphatic rings.